The lowest BCUT2D eigenvalue weighted by Crippen LogP contribution is -2.68. The molecule has 0 aromatic carbocycles. The van der Waals surface area contributed by atoms with E-state index < -0.39 is 16.6 Å². The zero-order valence-corrected chi connectivity index (χ0v) is 19.0. The van der Waals surface area contributed by atoms with E-state index in [0.717, 1.165) is 31.1 Å². The number of carbonyl (C=O) groups excluding carboxylic acids is 3. The molecule has 5 rings (SSSR count). The summed E-state index contributed by atoms with van der Waals surface area (Å²) >= 11 is 0. The molecule has 0 bridgehead atoms. The minimum absolute atomic E-state index is 0.0828. The number of aldehydes is 1. The summed E-state index contributed by atoms with van der Waals surface area (Å²) in [6.45, 7) is 3.82. The van der Waals surface area contributed by atoms with E-state index in [-0.39, 0.29) is 47.6 Å². The van der Waals surface area contributed by atoms with Crippen LogP contribution in [0.1, 0.15) is 71.6 Å². The van der Waals surface area contributed by atoms with Gasteiger partial charge in [-0.1, -0.05) is 6.92 Å². The zero-order valence-electron chi connectivity index (χ0n) is 19.0. The van der Waals surface area contributed by atoms with E-state index in [9.17, 15) is 24.6 Å². The van der Waals surface area contributed by atoms with Crippen LogP contribution in [0, 0.1) is 28.6 Å². The molecular formula is C25H34O7. The van der Waals surface area contributed by atoms with Crippen molar-refractivity contribution in [1.82, 2.24) is 0 Å². The van der Waals surface area contributed by atoms with Crippen LogP contribution in [-0.4, -0.2) is 52.4 Å². The molecular weight excluding hydrogens is 412 g/mol. The predicted molar refractivity (Wildman–Crippen MR) is 113 cm³/mol. The van der Waals surface area contributed by atoms with Gasteiger partial charge in [0.25, 0.3) is 0 Å². The van der Waals surface area contributed by atoms with Crippen molar-refractivity contribution in [2.75, 3.05) is 6.61 Å². The molecule has 4 fully saturated rings. The fourth-order valence-corrected chi connectivity index (χ4v) is 8.44. The van der Waals surface area contributed by atoms with Crippen LogP contribution in [0.4, 0.5) is 0 Å². The topological polar surface area (TPSA) is 110 Å². The molecule has 0 aromatic heterocycles. The van der Waals surface area contributed by atoms with Gasteiger partial charge in [0, 0.05) is 19.4 Å². The second-order valence-electron chi connectivity index (χ2n) is 11.4. The van der Waals surface area contributed by atoms with E-state index in [2.05, 4.69) is 6.92 Å². The summed E-state index contributed by atoms with van der Waals surface area (Å²) in [6.07, 6.45) is 7.44. The van der Waals surface area contributed by atoms with Crippen LogP contribution in [0.2, 0.25) is 0 Å². The maximum absolute atomic E-state index is 12.7. The van der Waals surface area contributed by atoms with E-state index in [1.54, 1.807) is 6.08 Å². The van der Waals surface area contributed by atoms with Crippen molar-refractivity contribution < 1.29 is 34.1 Å². The van der Waals surface area contributed by atoms with Crippen molar-refractivity contribution >= 4 is 18.2 Å². The SMILES string of the molecule is CC(=O)O[C@H]1CC[C@]2(C=O)[C@@H]3CC[C@@]4(C)C[C@@H](C5=CC(=O)OC5)C[C@]4(O)[C@H]3CC[C@@]2(O)C1. The first-order chi connectivity index (χ1) is 15.1. The highest BCUT2D eigenvalue weighted by Gasteiger charge is 2.70. The molecule has 32 heavy (non-hydrogen) atoms. The molecule has 0 saturated heterocycles. The Bertz CT molecular complexity index is 882. The van der Waals surface area contributed by atoms with Crippen molar-refractivity contribution in [2.24, 2.45) is 28.6 Å². The average molecular weight is 447 g/mol. The molecule has 0 unspecified atom stereocenters. The van der Waals surface area contributed by atoms with Gasteiger partial charge in [-0.15, -0.1) is 0 Å². The summed E-state index contributed by atoms with van der Waals surface area (Å²) in [5.74, 6) is -0.765. The van der Waals surface area contributed by atoms with E-state index >= 15 is 0 Å². The van der Waals surface area contributed by atoms with Crippen LogP contribution in [0.5, 0.6) is 0 Å². The summed E-state index contributed by atoms with van der Waals surface area (Å²) in [4.78, 5) is 35.8. The molecule has 2 N–H and O–H groups in total. The second kappa shape index (κ2) is 7.13. The monoisotopic (exact) mass is 446 g/mol. The first kappa shape index (κ1) is 22.1. The molecule has 0 aromatic rings. The Labute approximate surface area is 188 Å². The molecule has 176 valence electrons. The number of hydrogen-bond acceptors (Lipinski definition) is 7. The van der Waals surface area contributed by atoms with Crippen LogP contribution >= 0.6 is 0 Å². The van der Waals surface area contributed by atoms with Crippen molar-refractivity contribution in [3.63, 3.8) is 0 Å². The third-order valence-corrected chi connectivity index (χ3v) is 10.00. The Kier molecular flexibility index (Phi) is 4.92. The zero-order chi connectivity index (χ0) is 22.9. The number of carbonyl (C=O) groups is 3. The number of aliphatic hydroxyl groups is 2. The van der Waals surface area contributed by atoms with E-state index in [1.807, 2.05) is 0 Å². The molecule has 8 atom stereocenters. The number of ether oxygens (including phenoxy) is 2. The predicted octanol–water partition coefficient (Wildman–Crippen LogP) is 2.47. The van der Waals surface area contributed by atoms with Crippen molar-refractivity contribution in [1.29, 1.82) is 0 Å². The van der Waals surface area contributed by atoms with Crippen LogP contribution in [-0.2, 0) is 23.9 Å². The molecule has 5 aliphatic rings. The van der Waals surface area contributed by atoms with Gasteiger partial charge in [-0.2, -0.15) is 0 Å². The van der Waals surface area contributed by atoms with E-state index in [1.165, 1.54) is 6.92 Å². The van der Waals surface area contributed by atoms with Crippen LogP contribution in [0.25, 0.3) is 0 Å². The standard InChI is InChI=1S/C25H34O7/c1-15(27)32-18-3-7-23(14-26)19-4-6-22(2)10-17(16-9-21(28)31-13-16)11-25(22,30)20(19)5-8-24(23,29)12-18/h9,14,17-20,29-30H,3-8,10-13H2,1-2H3/t17-,18+,19-,20+,22+,23+,24-,25+/m1/s1. The normalized spacial score (nSPS) is 49.9. The highest BCUT2D eigenvalue weighted by atomic mass is 16.5. The third kappa shape index (κ3) is 2.89. The fraction of sp³-hybridized carbons (Fsp3) is 0.800. The third-order valence-electron chi connectivity index (χ3n) is 10.00. The van der Waals surface area contributed by atoms with Crippen LogP contribution in [0.3, 0.4) is 0 Å². The van der Waals surface area contributed by atoms with Gasteiger partial charge in [0.1, 0.15) is 19.0 Å². The Morgan fingerprint density at radius 2 is 1.88 bits per heavy atom. The molecule has 1 heterocycles. The fourth-order valence-electron chi connectivity index (χ4n) is 8.44. The molecule has 7 nitrogen and oxygen atoms in total. The minimum Gasteiger partial charge on any atom is -0.462 e. The lowest BCUT2D eigenvalue weighted by atomic mass is 9.42. The van der Waals surface area contributed by atoms with Gasteiger partial charge in [0.2, 0.25) is 0 Å². The summed E-state index contributed by atoms with van der Waals surface area (Å²) in [5.41, 5.74) is -2.41. The number of cyclic esters (lactones) is 1. The van der Waals surface area contributed by atoms with Crippen molar-refractivity contribution in [3.05, 3.63) is 11.6 Å². The largest absolute Gasteiger partial charge is 0.462 e. The maximum atomic E-state index is 12.7. The second-order valence-corrected chi connectivity index (χ2v) is 11.4. The maximum Gasteiger partial charge on any atom is 0.331 e. The molecule has 7 heteroatoms. The lowest BCUT2D eigenvalue weighted by Gasteiger charge is -2.64. The van der Waals surface area contributed by atoms with Gasteiger partial charge >= 0.3 is 11.9 Å². The van der Waals surface area contributed by atoms with E-state index in [0.29, 0.717) is 38.7 Å². The number of esters is 2. The minimum atomic E-state index is -1.22. The summed E-state index contributed by atoms with van der Waals surface area (Å²) in [6, 6.07) is 0. The molecule has 4 aliphatic carbocycles. The average Bonchev–Trinajstić information content (AvgIpc) is 3.27. The van der Waals surface area contributed by atoms with Gasteiger partial charge in [-0.25, -0.2) is 4.79 Å². The molecule has 1 aliphatic heterocycles. The van der Waals surface area contributed by atoms with Gasteiger partial charge in [0.15, 0.2) is 0 Å². The Balaban J connectivity index is 1.45. The van der Waals surface area contributed by atoms with E-state index in [4.69, 9.17) is 9.47 Å². The number of rotatable bonds is 3. The highest BCUT2D eigenvalue weighted by Crippen LogP contribution is 2.69. The molecule has 4 saturated carbocycles. The quantitative estimate of drug-likeness (QED) is 0.506. The number of hydrogen-bond donors (Lipinski definition) is 2. The van der Waals surface area contributed by atoms with Gasteiger partial charge in [0.05, 0.1) is 16.6 Å². The first-order valence-corrected chi connectivity index (χ1v) is 12.0. The van der Waals surface area contributed by atoms with Crippen molar-refractivity contribution in [3.8, 4) is 0 Å². The van der Waals surface area contributed by atoms with Crippen molar-refractivity contribution in [2.45, 2.75) is 88.9 Å². The van der Waals surface area contributed by atoms with Gasteiger partial charge in [-0.05, 0) is 80.1 Å². The smallest absolute Gasteiger partial charge is 0.331 e. The first-order valence-electron chi connectivity index (χ1n) is 12.0. The number of fused-ring (bicyclic) bond motifs is 5. The molecule has 0 amide bonds. The lowest BCUT2D eigenvalue weighted by molar-refractivity contribution is -0.247. The Morgan fingerprint density at radius 1 is 1.12 bits per heavy atom. The molecule has 0 radical (unpaired) electrons. The summed E-state index contributed by atoms with van der Waals surface area (Å²) in [7, 11) is 0. The highest BCUT2D eigenvalue weighted by molar-refractivity contribution is 5.85. The van der Waals surface area contributed by atoms with Gasteiger partial charge in [-0.3, -0.25) is 4.79 Å². The Morgan fingerprint density at radius 3 is 2.53 bits per heavy atom. The van der Waals surface area contributed by atoms with Crippen LogP contribution in [0.15, 0.2) is 11.6 Å². The molecule has 0 spiro atoms. The van der Waals surface area contributed by atoms with Gasteiger partial charge < -0.3 is 24.5 Å². The van der Waals surface area contributed by atoms with Crippen LogP contribution < -0.4 is 0 Å². The summed E-state index contributed by atoms with van der Waals surface area (Å²) in [5, 5.41) is 23.9. The Hall–Kier alpha value is -1.73. The summed E-state index contributed by atoms with van der Waals surface area (Å²) < 4.78 is 10.5.